The SMILES string of the molecule is CCc1ccc(NC(=O)NC[C@H]2CCN(c3ccccc3)C2)cc1. The van der Waals surface area contributed by atoms with Crippen molar-refractivity contribution in [1.82, 2.24) is 5.32 Å². The van der Waals surface area contributed by atoms with E-state index < -0.39 is 0 Å². The molecule has 0 saturated carbocycles. The van der Waals surface area contributed by atoms with Crippen molar-refractivity contribution in [3.63, 3.8) is 0 Å². The zero-order valence-corrected chi connectivity index (χ0v) is 14.2. The summed E-state index contributed by atoms with van der Waals surface area (Å²) in [6, 6.07) is 18.3. The van der Waals surface area contributed by atoms with Gasteiger partial charge in [-0.3, -0.25) is 0 Å². The number of hydrogen-bond acceptors (Lipinski definition) is 2. The van der Waals surface area contributed by atoms with Crippen LogP contribution in [0.5, 0.6) is 0 Å². The highest BCUT2D eigenvalue weighted by atomic mass is 16.2. The van der Waals surface area contributed by atoms with Crippen molar-refractivity contribution >= 4 is 17.4 Å². The van der Waals surface area contributed by atoms with Crippen LogP contribution >= 0.6 is 0 Å². The van der Waals surface area contributed by atoms with Crippen LogP contribution in [0.3, 0.4) is 0 Å². The second kappa shape index (κ2) is 7.86. The van der Waals surface area contributed by atoms with Gasteiger partial charge in [0.1, 0.15) is 0 Å². The molecule has 1 atom stereocenters. The van der Waals surface area contributed by atoms with Gasteiger partial charge in [-0.2, -0.15) is 0 Å². The van der Waals surface area contributed by atoms with E-state index in [1.807, 2.05) is 30.3 Å². The van der Waals surface area contributed by atoms with Crippen molar-refractivity contribution in [2.45, 2.75) is 19.8 Å². The first kappa shape index (κ1) is 16.4. The number of nitrogens with one attached hydrogen (secondary N) is 2. The molecule has 2 amide bonds. The Morgan fingerprint density at radius 1 is 1.12 bits per heavy atom. The Hall–Kier alpha value is -2.49. The lowest BCUT2D eigenvalue weighted by molar-refractivity contribution is 0.250. The van der Waals surface area contributed by atoms with Crippen molar-refractivity contribution in [2.75, 3.05) is 29.9 Å². The third-order valence-electron chi connectivity index (χ3n) is 4.58. The average molecular weight is 323 g/mol. The van der Waals surface area contributed by atoms with E-state index in [0.29, 0.717) is 12.5 Å². The molecule has 0 radical (unpaired) electrons. The van der Waals surface area contributed by atoms with Crippen LogP contribution in [0.4, 0.5) is 16.2 Å². The number of urea groups is 1. The van der Waals surface area contributed by atoms with Crippen molar-refractivity contribution in [3.8, 4) is 0 Å². The minimum atomic E-state index is -0.127. The Morgan fingerprint density at radius 2 is 1.88 bits per heavy atom. The summed E-state index contributed by atoms with van der Waals surface area (Å²) in [5, 5.41) is 5.89. The molecule has 0 bridgehead atoms. The average Bonchev–Trinajstić information content (AvgIpc) is 3.10. The second-order valence-electron chi connectivity index (χ2n) is 6.32. The largest absolute Gasteiger partial charge is 0.371 e. The molecule has 24 heavy (non-hydrogen) atoms. The molecule has 1 aliphatic rings. The van der Waals surface area contributed by atoms with Gasteiger partial charge in [-0.25, -0.2) is 4.79 Å². The van der Waals surface area contributed by atoms with Crippen LogP contribution in [0.15, 0.2) is 54.6 Å². The Morgan fingerprint density at radius 3 is 2.58 bits per heavy atom. The molecule has 1 heterocycles. The van der Waals surface area contributed by atoms with Crippen molar-refractivity contribution in [2.24, 2.45) is 5.92 Å². The van der Waals surface area contributed by atoms with E-state index in [9.17, 15) is 4.79 Å². The number of para-hydroxylation sites is 1. The Labute approximate surface area is 143 Å². The molecule has 2 aromatic rings. The number of aryl methyl sites for hydroxylation is 1. The molecule has 1 fully saturated rings. The Balaban J connectivity index is 1.43. The molecule has 0 aromatic heterocycles. The number of benzene rings is 2. The predicted octanol–water partition coefficient (Wildman–Crippen LogP) is 3.90. The van der Waals surface area contributed by atoms with Gasteiger partial charge >= 0.3 is 6.03 Å². The highest BCUT2D eigenvalue weighted by Gasteiger charge is 2.22. The van der Waals surface area contributed by atoms with E-state index in [0.717, 1.165) is 31.6 Å². The maximum absolute atomic E-state index is 12.0. The summed E-state index contributed by atoms with van der Waals surface area (Å²) in [5.41, 5.74) is 3.37. The van der Waals surface area contributed by atoms with Gasteiger partial charge in [0.25, 0.3) is 0 Å². The normalized spacial score (nSPS) is 16.9. The lowest BCUT2D eigenvalue weighted by Crippen LogP contribution is -2.34. The van der Waals surface area contributed by atoms with Gasteiger partial charge in [0, 0.05) is 31.0 Å². The molecule has 2 N–H and O–H groups in total. The fourth-order valence-corrected chi connectivity index (χ4v) is 3.11. The summed E-state index contributed by atoms with van der Waals surface area (Å²) in [7, 11) is 0. The summed E-state index contributed by atoms with van der Waals surface area (Å²) in [4.78, 5) is 14.4. The molecule has 4 heteroatoms. The van der Waals surface area contributed by atoms with E-state index in [1.54, 1.807) is 0 Å². The van der Waals surface area contributed by atoms with Gasteiger partial charge < -0.3 is 15.5 Å². The number of carbonyl (C=O) groups is 1. The van der Waals surface area contributed by atoms with Crippen LogP contribution in [0.1, 0.15) is 18.9 Å². The maximum atomic E-state index is 12.0. The van der Waals surface area contributed by atoms with E-state index in [2.05, 4.69) is 46.7 Å². The van der Waals surface area contributed by atoms with Crippen LogP contribution in [0.25, 0.3) is 0 Å². The monoisotopic (exact) mass is 323 g/mol. The summed E-state index contributed by atoms with van der Waals surface area (Å²) < 4.78 is 0. The Bertz CT molecular complexity index is 654. The van der Waals surface area contributed by atoms with E-state index in [1.165, 1.54) is 11.3 Å². The summed E-state index contributed by atoms with van der Waals surface area (Å²) >= 11 is 0. The lowest BCUT2D eigenvalue weighted by atomic mass is 10.1. The van der Waals surface area contributed by atoms with Crippen molar-refractivity contribution in [1.29, 1.82) is 0 Å². The zero-order chi connectivity index (χ0) is 16.8. The molecule has 0 aliphatic carbocycles. The number of rotatable bonds is 5. The molecule has 3 rings (SSSR count). The van der Waals surface area contributed by atoms with E-state index in [4.69, 9.17) is 0 Å². The molecule has 1 aliphatic heterocycles. The van der Waals surface area contributed by atoms with Gasteiger partial charge in [-0.15, -0.1) is 0 Å². The smallest absolute Gasteiger partial charge is 0.319 e. The summed E-state index contributed by atoms with van der Waals surface area (Å²) in [6.07, 6.45) is 2.12. The minimum Gasteiger partial charge on any atom is -0.371 e. The minimum absolute atomic E-state index is 0.127. The third kappa shape index (κ3) is 4.28. The first-order chi connectivity index (χ1) is 11.7. The van der Waals surface area contributed by atoms with Crippen LogP contribution in [0, 0.1) is 5.92 Å². The summed E-state index contributed by atoms with van der Waals surface area (Å²) in [6.45, 7) is 4.88. The fraction of sp³-hybridized carbons (Fsp3) is 0.350. The summed E-state index contributed by atoms with van der Waals surface area (Å²) in [5.74, 6) is 0.499. The number of hydrogen-bond donors (Lipinski definition) is 2. The first-order valence-electron chi connectivity index (χ1n) is 8.68. The van der Waals surface area contributed by atoms with E-state index >= 15 is 0 Å². The highest BCUT2D eigenvalue weighted by molar-refractivity contribution is 5.89. The van der Waals surface area contributed by atoms with Crippen LogP contribution in [0.2, 0.25) is 0 Å². The maximum Gasteiger partial charge on any atom is 0.319 e. The van der Waals surface area contributed by atoms with Gasteiger partial charge in [0.2, 0.25) is 0 Å². The number of nitrogens with zero attached hydrogens (tertiary/aromatic N) is 1. The molecule has 4 nitrogen and oxygen atoms in total. The Kier molecular flexibility index (Phi) is 5.36. The second-order valence-corrected chi connectivity index (χ2v) is 6.32. The van der Waals surface area contributed by atoms with Crippen LogP contribution < -0.4 is 15.5 Å². The molecule has 0 unspecified atom stereocenters. The van der Waals surface area contributed by atoms with Crippen LogP contribution in [-0.4, -0.2) is 25.7 Å². The third-order valence-corrected chi connectivity index (χ3v) is 4.58. The van der Waals surface area contributed by atoms with E-state index in [-0.39, 0.29) is 6.03 Å². The highest BCUT2D eigenvalue weighted by Crippen LogP contribution is 2.22. The zero-order valence-electron chi connectivity index (χ0n) is 14.2. The topological polar surface area (TPSA) is 44.4 Å². The van der Waals surface area contributed by atoms with Crippen molar-refractivity contribution < 1.29 is 4.79 Å². The molecule has 126 valence electrons. The molecular weight excluding hydrogens is 298 g/mol. The van der Waals surface area contributed by atoms with Crippen molar-refractivity contribution in [3.05, 3.63) is 60.2 Å². The first-order valence-corrected chi connectivity index (χ1v) is 8.68. The fourth-order valence-electron chi connectivity index (χ4n) is 3.11. The van der Waals surface area contributed by atoms with Gasteiger partial charge in [0.05, 0.1) is 0 Å². The predicted molar refractivity (Wildman–Crippen MR) is 99.6 cm³/mol. The lowest BCUT2D eigenvalue weighted by Gasteiger charge is -2.18. The molecular formula is C20H25N3O. The van der Waals surface area contributed by atoms with Gasteiger partial charge in [0.15, 0.2) is 0 Å². The number of carbonyl (C=O) groups excluding carboxylic acids is 1. The standard InChI is InChI=1S/C20H25N3O/c1-2-16-8-10-18(11-9-16)22-20(24)21-14-17-12-13-23(15-17)19-6-4-3-5-7-19/h3-11,17H,2,12-15H2,1H3,(H2,21,22,24)/t17-/m1/s1. The number of anilines is 2. The van der Waals surface area contributed by atoms with Gasteiger partial charge in [-0.05, 0) is 48.6 Å². The molecule has 1 saturated heterocycles. The molecule has 2 aromatic carbocycles. The van der Waals surface area contributed by atoms with Crippen LogP contribution in [-0.2, 0) is 6.42 Å². The van der Waals surface area contributed by atoms with Gasteiger partial charge in [-0.1, -0.05) is 37.3 Å². The quantitative estimate of drug-likeness (QED) is 0.876. The molecule has 0 spiro atoms. The number of amides is 2.